The van der Waals surface area contributed by atoms with Crippen molar-refractivity contribution < 1.29 is 14.3 Å². The lowest BCUT2D eigenvalue weighted by Gasteiger charge is -2.37. The molecule has 4 heteroatoms. The van der Waals surface area contributed by atoms with Crippen LogP contribution in [0.5, 0.6) is 0 Å². The quantitative estimate of drug-likeness (QED) is 0.898. The molecule has 2 rings (SSSR count). The number of carboxylic acids is 1. The number of carboxylic acid groups (broad SMARTS) is 1. The van der Waals surface area contributed by atoms with Crippen LogP contribution >= 0.6 is 0 Å². The number of likely N-dealkylation sites (tertiary alicyclic amines) is 1. The highest BCUT2D eigenvalue weighted by Crippen LogP contribution is 2.30. The van der Waals surface area contributed by atoms with Gasteiger partial charge in [0.2, 0.25) is 0 Å². The fourth-order valence-electron chi connectivity index (χ4n) is 2.65. The van der Waals surface area contributed by atoms with Gasteiger partial charge in [0, 0.05) is 11.6 Å². The summed E-state index contributed by atoms with van der Waals surface area (Å²) in [6.07, 6.45) is 3.06. The van der Waals surface area contributed by atoms with Crippen LogP contribution in [-0.4, -0.2) is 28.6 Å². The van der Waals surface area contributed by atoms with E-state index in [1.807, 2.05) is 11.8 Å². The molecule has 2 atom stereocenters. The maximum absolute atomic E-state index is 13.8. The standard InChI is InChI=1S/C14H18FNO2/c1-10-6-4-5-9-16(10)13(14(17)18)11-7-2-3-8-12(11)15/h2-3,7-8,10,13H,4-6,9H2,1H3,(H,17,18). The molecule has 1 aromatic rings. The number of halogens is 1. The molecule has 1 N–H and O–H groups in total. The van der Waals surface area contributed by atoms with E-state index >= 15 is 0 Å². The van der Waals surface area contributed by atoms with E-state index in [9.17, 15) is 14.3 Å². The van der Waals surface area contributed by atoms with Crippen molar-refractivity contribution in [2.24, 2.45) is 0 Å². The lowest BCUT2D eigenvalue weighted by molar-refractivity contribution is -0.145. The van der Waals surface area contributed by atoms with Crippen molar-refractivity contribution in [1.82, 2.24) is 4.90 Å². The van der Waals surface area contributed by atoms with Crippen LogP contribution in [0.15, 0.2) is 24.3 Å². The molecule has 0 saturated carbocycles. The molecular weight excluding hydrogens is 233 g/mol. The van der Waals surface area contributed by atoms with Crippen LogP contribution in [0, 0.1) is 5.82 Å². The molecule has 0 amide bonds. The van der Waals surface area contributed by atoms with Gasteiger partial charge < -0.3 is 5.11 Å². The highest BCUT2D eigenvalue weighted by Gasteiger charge is 2.33. The molecule has 0 spiro atoms. The first kappa shape index (κ1) is 13.0. The lowest BCUT2D eigenvalue weighted by atomic mass is 9.97. The van der Waals surface area contributed by atoms with E-state index < -0.39 is 17.8 Å². The minimum absolute atomic E-state index is 0.180. The third kappa shape index (κ3) is 2.53. The van der Waals surface area contributed by atoms with E-state index in [1.165, 1.54) is 6.07 Å². The van der Waals surface area contributed by atoms with Gasteiger partial charge in [-0.25, -0.2) is 4.39 Å². The third-order valence-corrected chi connectivity index (χ3v) is 3.62. The molecule has 3 nitrogen and oxygen atoms in total. The first-order valence-electron chi connectivity index (χ1n) is 6.34. The Morgan fingerprint density at radius 1 is 1.44 bits per heavy atom. The predicted molar refractivity (Wildman–Crippen MR) is 66.8 cm³/mol. The fraction of sp³-hybridized carbons (Fsp3) is 0.500. The van der Waals surface area contributed by atoms with Crippen LogP contribution in [0.1, 0.15) is 37.8 Å². The number of rotatable bonds is 3. The number of carbonyl (C=O) groups is 1. The van der Waals surface area contributed by atoms with Crippen LogP contribution in [0.4, 0.5) is 4.39 Å². The molecular formula is C14H18FNO2. The highest BCUT2D eigenvalue weighted by atomic mass is 19.1. The summed E-state index contributed by atoms with van der Waals surface area (Å²) in [5.74, 6) is -1.42. The Bertz CT molecular complexity index is 436. The molecule has 98 valence electrons. The molecule has 0 bridgehead atoms. The van der Waals surface area contributed by atoms with Gasteiger partial charge in [-0.1, -0.05) is 24.6 Å². The molecule has 0 radical (unpaired) electrons. The maximum atomic E-state index is 13.8. The van der Waals surface area contributed by atoms with Crippen molar-refractivity contribution in [3.8, 4) is 0 Å². The molecule has 1 saturated heterocycles. The van der Waals surface area contributed by atoms with Gasteiger partial charge in [0.05, 0.1) is 0 Å². The van der Waals surface area contributed by atoms with E-state index in [0.717, 1.165) is 19.3 Å². The van der Waals surface area contributed by atoms with Crippen molar-refractivity contribution in [3.05, 3.63) is 35.6 Å². The smallest absolute Gasteiger partial charge is 0.325 e. The van der Waals surface area contributed by atoms with Crippen molar-refractivity contribution in [2.75, 3.05) is 6.54 Å². The number of piperidine rings is 1. The second-order valence-corrected chi connectivity index (χ2v) is 4.84. The van der Waals surface area contributed by atoms with E-state index in [1.54, 1.807) is 18.2 Å². The van der Waals surface area contributed by atoms with Crippen LogP contribution in [0.2, 0.25) is 0 Å². The zero-order valence-corrected chi connectivity index (χ0v) is 10.5. The molecule has 0 aliphatic carbocycles. The summed E-state index contributed by atoms with van der Waals surface area (Å²) in [6, 6.07) is 5.45. The zero-order chi connectivity index (χ0) is 13.1. The summed E-state index contributed by atoms with van der Waals surface area (Å²) in [7, 11) is 0. The Morgan fingerprint density at radius 2 is 2.17 bits per heavy atom. The lowest BCUT2D eigenvalue weighted by Crippen LogP contribution is -2.43. The van der Waals surface area contributed by atoms with E-state index in [-0.39, 0.29) is 11.6 Å². The van der Waals surface area contributed by atoms with Crippen LogP contribution < -0.4 is 0 Å². The van der Waals surface area contributed by atoms with Crippen LogP contribution in [0.25, 0.3) is 0 Å². The van der Waals surface area contributed by atoms with Gasteiger partial charge in [-0.2, -0.15) is 0 Å². The van der Waals surface area contributed by atoms with Crippen LogP contribution in [0.3, 0.4) is 0 Å². The number of hydrogen-bond donors (Lipinski definition) is 1. The number of nitrogens with zero attached hydrogens (tertiary/aromatic N) is 1. The monoisotopic (exact) mass is 251 g/mol. The summed E-state index contributed by atoms with van der Waals surface area (Å²) < 4.78 is 13.8. The number of hydrogen-bond acceptors (Lipinski definition) is 2. The van der Waals surface area contributed by atoms with Crippen molar-refractivity contribution >= 4 is 5.97 Å². The molecule has 1 aliphatic heterocycles. The minimum atomic E-state index is -0.978. The van der Waals surface area contributed by atoms with E-state index in [0.29, 0.717) is 6.54 Å². The first-order valence-corrected chi connectivity index (χ1v) is 6.34. The molecule has 2 unspecified atom stereocenters. The fourth-order valence-corrected chi connectivity index (χ4v) is 2.65. The molecule has 0 aromatic heterocycles. The van der Waals surface area contributed by atoms with Crippen molar-refractivity contribution in [2.45, 2.75) is 38.3 Å². The Labute approximate surface area is 106 Å². The second-order valence-electron chi connectivity index (χ2n) is 4.84. The van der Waals surface area contributed by atoms with E-state index in [4.69, 9.17) is 0 Å². The summed E-state index contributed by atoms with van der Waals surface area (Å²) in [4.78, 5) is 13.4. The first-order chi connectivity index (χ1) is 8.61. The number of aliphatic carboxylic acids is 1. The molecule has 18 heavy (non-hydrogen) atoms. The summed E-state index contributed by atoms with van der Waals surface area (Å²) >= 11 is 0. The second kappa shape index (κ2) is 5.48. The molecule has 1 aromatic carbocycles. The van der Waals surface area contributed by atoms with Gasteiger partial charge in [0.15, 0.2) is 0 Å². The topological polar surface area (TPSA) is 40.5 Å². The Kier molecular flexibility index (Phi) is 3.97. The Morgan fingerprint density at radius 3 is 2.78 bits per heavy atom. The van der Waals surface area contributed by atoms with Gasteiger partial charge in [-0.15, -0.1) is 0 Å². The van der Waals surface area contributed by atoms with Crippen LogP contribution in [-0.2, 0) is 4.79 Å². The zero-order valence-electron chi connectivity index (χ0n) is 10.5. The summed E-state index contributed by atoms with van der Waals surface area (Å²) in [6.45, 7) is 2.72. The van der Waals surface area contributed by atoms with Gasteiger partial charge in [0.1, 0.15) is 11.9 Å². The average molecular weight is 251 g/mol. The normalized spacial score (nSPS) is 22.7. The summed E-state index contributed by atoms with van der Waals surface area (Å²) in [5.41, 5.74) is 0.263. The Hall–Kier alpha value is -1.42. The molecule has 1 aliphatic rings. The van der Waals surface area contributed by atoms with Gasteiger partial charge in [-0.3, -0.25) is 9.69 Å². The van der Waals surface area contributed by atoms with Gasteiger partial charge in [0.25, 0.3) is 0 Å². The largest absolute Gasteiger partial charge is 0.480 e. The summed E-state index contributed by atoms with van der Waals surface area (Å²) in [5, 5.41) is 9.41. The highest BCUT2D eigenvalue weighted by molar-refractivity contribution is 5.75. The molecule has 1 fully saturated rings. The van der Waals surface area contributed by atoms with Crippen molar-refractivity contribution in [3.63, 3.8) is 0 Å². The van der Waals surface area contributed by atoms with E-state index in [2.05, 4.69) is 0 Å². The van der Waals surface area contributed by atoms with Crippen molar-refractivity contribution in [1.29, 1.82) is 0 Å². The SMILES string of the molecule is CC1CCCCN1C(C(=O)O)c1ccccc1F. The molecule has 1 heterocycles. The predicted octanol–water partition coefficient (Wildman–Crippen LogP) is 2.83. The Balaban J connectivity index is 2.34. The third-order valence-electron chi connectivity index (χ3n) is 3.62. The average Bonchev–Trinajstić information content (AvgIpc) is 2.34. The minimum Gasteiger partial charge on any atom is -0.480 e. The van der Waals surface area contributed by atoms with Gasteiger partial charge in [-0.05, 0) is 32.4 Å². The number of benzene rings is 1. The van der Waals surface area contributed by atoms with Gasteiger partial charge >= 0.3 is 5.97 Å². The maximum Gasteiger partial charge on any atom is 0.325 e.